The van der Waals surface area contributed by atoms with Crippen LogP contribution in [0.15, 0.2) is 84.4 Å². The van der Waals surface area contributed by atoms with Gasteiger partial charge >= 0.3 is 0 Å². The molecule has 4 amide bonds. The van der Waals surface area contributed by atoms with Crippen molar-refractivity contribution in [1.82, 2.24) is 0 Å². The fraction of sp³-hybridized carbons (Fsp3) is 0.294. The number of carbonyl (C=O) groups excluding carboxylic acids is 4. The summed E-state index contributed by atoms with van der Waals surface area (Å²) in [5.41, 5.74) is 0.397. The van der Waals surface area contributed by atoms with Crippen LogP contribution in [-0.2, 0) is 19.2 Å². The van der Waals surface area contributed by atoms with Crippen molar-refractivity contribution < 1.29 is 33.9 Å². The van der Waals surface area contributed by atoms with E-state index in [1.807, 2.05) is 6.08 Å². The number of amides is 4. The summed E-state index contributed by atoms with van der Waals surface area (Å²) >= 11 is 0. The van der Waals surface area contributed by atoms with Crippen LogP contribution >= 0.6 is 0 Å². The Morgan fingerprint density at radius 3 is 2.33 bits per heavy atom. The van der Waals surface area contributed by atoms with Gasteiger partial charge in [0.25, 0.3) is 5.69 Å². The molecule has 11 nitrogen and oxygen atoms in total. The molecule has 3 fully saturated rings. The van der Waals surface area contributed by atoms with Crippen molar-refractivity contribution in [2.24, 2.45) is 29.1 Å². The number of benzene rings is 3. The Bertz CT molecular complexity index is 1840. The number of hydrogen-bond acceptors (Lipinski definition) is 8. The van der Waals surface area contributed by atoms with E-state index < -0.39 is 51.7 Å². The minimum Gasteiger partial charge on any atom is -0.508 e. The average Bonchev–Trinajstić information content (AvgIpc) is 3.41. The lowest BCUT2D eigenvalue weighted by atomic mass is 9.51. The van der Waals surface area contributed by atoms with Gasteiger partial charge in [-0.05, 0) is 49.9 Å². The van der Waals surface area contributed by atoms with Crippen LogP contribution in [0.3, 0.4) is 0 Å². The summed E-state index contributed by atoms with van der Waals surface area (Å²) in [5, 5.41) is 21.7. The zero-order chi connectivity index (χ0) is 31.8. The molecule has 228 valence electrons. The number of phenols is 1. The number of nitro groups is 1. The monoisotopic (exact) mass is 607 g/mol. The molecular formula is C34H29N3O8. The number of allylic oxidation sites excluding steroid dienone is 2. The Morgan fingerprint density at radius 2 is 1.62 bits per heavy atom. The predicted octanol–water partition coefficient (Wildman–Crippen LogP) is 4.74. The summed E-state index contributed by atoms with van der Waals surface area (Å²) in [6.07, 6.45) is 2.29. The molecule has 2 aliphatic heterocycles. The summed E-state index contributed by atoms with van der Waals surface area (Å²) in [6.45, 7) is 1.78. The van der Waals surface area contributed by atoms with Gasteiger partial charge in [0.1, 0.15) is 11.5 Å². The maximum Gasteiger partial charge on any atom is 0.271 e. The lowest BCUT2D eigenvalue weighted by Gasteiger charge is -2.49. The molecule has 45 heavy (non-hydrogen) atoms. The minimum absolute atomic E-state index is 0.0359. The third-order valence-corrected chi connectivity index (χ3v) is 10.1. The number of nitro benzene ring substituents is 1. The van der Waals surface area contributed by atoms with Gasteiger partial charge in [0.2, 0.25) is 23.6 Å². The highest BCUT2D eigenvalue weighted by Crippen LogP contribution is 2.64. The fourth-order valence-electron chi connectivity index (χ4n) is 8.12. The first kappa shape index (κ1) is 28.5. The van der Waals surface area contributed by atoms with Crippen molar-refractivity contribution in [1.29, 1.82) is 0 Å². The molecule has 4 aliphatic rings. The van der Waals surface area contributed by atoms with E-state index in [1.165, 1.54) is 48.4 Å². The van der Waals surface area contributed by atoms with Gasteiger partial charge in [-0.25, -0.2) is 9.80 Å². The zero-order valence-electron chi connectivity index (χ0n) is 24.5. The summed E-state index contributed by atoms with van der Waals surface area (Å²) in [6, 6.07) is 18.7. The molecule has 7 rings (SSSR count). The molecule has 2 heterocycles. The minimum atomic E-state index is -1.27. The molecule has 0 spiro atoms. The summed E-state index contributed by atoms with van der Waals surface area (Å²) in [7, 11) is 1.46. The highest BCUT2D eigenvalue weighted by atomic mass is 16.6. The Kier molecular flexibility index (Phi) is 6.40. The van der Waals surface area contributed by atoms with Gasteiger partial charge in [-0.2, -0.15) is 0 Å². The number of para-hydroxylation sites is 1. The molecule has 2 saturated heterocycles. The molecule has 11 heteroatoms. The van der Waals surface area contributed by atoms with Crippen LogP contribution in [0, 0.1) is 39.2 Å². The van der Waals surface area contributed by atoms with E-state index in [2.05, 4.69) is 0 Å². The molecule has 0 radical (unpaired) electrons. The number of carbonyl (C=O) groups is 4. The third kappa shape index (κ3) is 3.96. The number of anilines is 2. The molecule has 0 bridgehead atoms. The molecule has 6 atom stereocenters. The van der Waals surface area contributed by atoms with Crippen LogP contribution < -0.4 is 14.5 Å². The Labute approximate surface area is 257 Å². The molecule has 0 unspecified atom stereocenters. The van der Waals surface area contributed by atoms with Gasteiger partial charge in [0.15, 0.2) is 0 Å². The van der Waals surface area contributed by atoms with Gasteiger partial charge in [-0.1, -0.05) is 42.0 Å². The van der Waals surface area contributed by atoms with E-state index in [1.54, 1.807) is 43.3 Å². The highest BCUT2D eigenvalue weighted by molar-refractivity contribution is 6.25. The van der Waals surface area contributed by atoms with Crippen molar-refractivity contribution in [2.45, 2.75) is 25.7 Å². The summed E-state index contributed by atoms with van der Waals surface area (Å²) in [5.74, 6) is -5.08. The standard InChI is InChI=1S/C34H29N3O8/c1-34-26(31(40)36(33(34)42)18-7-4-3-5-8-18)17-25-22(29(34)23-12-11-21(38)16-27(23)45-2)13-14-24-28(25)32(41)35(30(24)39)19-9-6-10-20(15-19)37(43)44/h3-13,15-16,24-26,28-29,38H,14,17H2,1-2H3/t24-,25+,26-,28-,29+,34+/m0/s1. The van der Waals surface area contributed by atoms with Crippen LogP contribution in [0.4, 0.5) is 17.1 Å². The van der Waals surface area contributed by atoms with E-state index in [9.17, 15) is 34.4 Å². The van der Waals surface area contributed by atoms with Crippen molar-refractivity contribution in [3.63, 3.8) is 0 Å². The largest absolute Gasteiger partial charge is 0.508 e. The highest BCUT2D eigenvalue weighted by Gasteiger charge is 2.68. The lowest BCUT2D eigenvalue weighted by molar-refractivity contribution is -0.384. The summed E-state index contributed by atoms with van der Waals surface area (Å²) in [4.78, 5) is 69.8. The second-order valence-corrected chi connectivity index (χ2v) is 12.2. The number of ether oxygens (including phenoxy) is 1. The number of methoxy groups -OCH3 is 1. The first-order valence-corrected chi connectivity index (χ1v) is 14.7. The van der Waals surface area contributed by atoms with E-state index in [4.69, 9.17) is 4.74 Å². The maximum atomic E-state index is 14.5. The molecule has 3 aromatic rings. The van der Waals surface area contributed by atoms with Crippen molar-refractivity contribution >= 4 is 40.7 Å². The van der Waals surface area contributed by atoms with Crippen LogP contribution in [0.25, 0.3) is 0 Å². The second kappa shape index (κ2) is 10.1. The van der Waals surface area contributed by atoms with Crippen molar-refractivity contribution in [3.05, 3.63) is 100 Å². The van der Waals surface area contributed by atoms with E-state index in [0.29, 0.717) is 17.0 Å². The van der Waals surface area contributed by atoms with Gasteiger partial charge in [-0.3, -0.25) is 29.3 Å². The quantitative estimate of drug-likeness (QED) is 0.189. The van der Waals surface area contributed by atoms with Gasteiger partial charge in [0, 0.05) is 29.7 Å². The topological polar surface area (TPSA) is 147 Å². The number of hydrogen-bond donors (Lipinski definition) is 1. The number of rotatable bonds is 5. The van der Waals surface area contributed by atoms with Crippen LogP contribution in [0.5, 0.6) is 11.5 Å². The van der Waals surface area contributed by atoms with Crippen LogP contribution in [0.2, 0.25) is 0 Å². The molecule has 3 aromatic carbocycles. The van der Waals surface area contributed by atoms with Gasteiger partial charge < -0.3 is 9.84 Å². The molecule has 2 aliphatic carbocycles. The molecule has 1 N–H and O–H groups in total. The SMILES string of the molecule is COc1cc(O)ccc1[C@H]1C2=CC[C@@H]3C(=O)N(c4cccc([N+](=O)[O-])c4)C(=O)[C@@H]3[C@@H]2C[C@H]2C(=O)N(c3ccccc3)C(=O)[C@@]12C. The smallest absolute Gasteiger partial charge is 0.271 e. The number of nitrogens with zero attached hydrogens (tertiary/aromatic N) is 3. The number of imide groups is 2. The fourth-order valence-corrected chi connectivity index (χ4v) is 8.12. The number of non-ortho nitro benzene ring substituents is 1. The summed E-state index contributed by atoms with van der Waals surface area (Å²) < 4.78 is 5.68. The van der Waals surface area contributed by atoms with E-state index >= 15 is 0 Å². The zero-order valence-corrected chi connectivity index (χ0v) is 24.5. The number of aromatic hydroxyl groups is 1. The van der Waals surface area contributed by atoms with Gasteiger partial charge in [0.05, 0.1) is 46.6 Å². The van der Waals surface area contributed by atoms with Crippen LogP contribution in [-0.4, -0.2) is 40.8 Å². The van der Waals surface area contributed by atoms with E-state index in [-0.39, 0.29) is 41.8 Å². The van der Waals surface area contributed by atoms with Gasteiger partial charge in [-0.15, -0.1) is 0 Å². The van der Waals surface area contributed by atoms with Crippen molar-refractivity contribution in [3.8, 4) is 11.5 Å². The maximum absolute atomic E-state index is 14.5. The predicted molar refractivity (Wildman–Crippen MR) is 161 cm³/mol. The van der Waals surface area contributed by atoms with Crippen LogP contribution in [0.1, 0.15) is 31.2 Å². The Morgan fingerprint density at radius 1 is 0.889 bits per heavy atom. The Balaban J connectivity index is 1.38. The molecule has 1 saturated carbocycles. The number of fused-ring (bicyclic) bond motifs is 4. The normalized spacial score (nSPS) is 28.8. The Hall–Kier alpha value is -5.32. The third-order valence-electron chi connectivity index (χ3n) is 10.1. The molecular weight excluding hydrogens is 578 g/mol. The van der Waals surface area contributed by atoms with Crippen molar-refractivity contribution in [2.75, 3.05) is 16.9 Å². The number of phenolic OH excluding ortho intramolecular Hbond substituents is 1. The first-order chi connectivity index (χ1) is 21.6. The second-order valence-electron chi connectivity index (χ2n) is 12.2. The molecule has 0 aromatic heterocycles. The average molecular weight is 608 g/mol. The lowest BCUT2D eigenvalue weighted by Crippen LogP contribution is -2.49. The van der Waals surface area contributed by atoms with E-state index in [0.717, 1.165) is 10.5 Å². The first-order valence-electron chi connectivity index (χ1n) is 14.7.